The number of aliphatic carboxylic acids is 1. The Labute approximate surface area is 156 Å². The van der Waals surface area contributed by atoms with E-state index in [9.17, 15) is 19.5 Å². The maximum atomic E-state index is 12.4. The molecule has 1 aliphatic rings. The molecule has 2 aromatic rings. The van der Waals surface area contributed by atoms with Crippen LogP contribution in [0.3, 0.4) is 0 Å². The highest BCUT2D eigenvalue weighted by atomic mass is 16.4. The maximum absolute atomic E-state index is 12.4. The van der Waals surface area contributed by atoms with Crippen LogP contribution in [-0.2, 0) is 20.8 Å². The molecule has 3 unspecified atom stereocenters. The summed E-state index contributed by atoms with van der Waals surface area (Å²) in [4.78, 5) is 39.2. The molecule has 1 saturated heterocycles. The molecule has 144 valence electrons. The molecule has 8 nitrogen and oxygen atoms in total. The van der Waals surface area contributed by atoms with Crippen LogP contribution >= 0.6 is 0 Å². The molecule has 3 rings (SSSR count). The molecule has 5 N–H and O–H groups in total. The van der Waals surface area contributed by atoms with Gasteiger partial charge in [0.1, 0.15) is 12.1 Å². The fourth-order valence-electron chi connectivity index (χ4n) is 3.31. The Morgan fingerprint density at radius 1 is 1.26 bits per heavy atom. The topological polar surface area (TPSA) is 123 Å². The lowest BCUT2D eigenvalue weighted by Crippen LogP contribution is -2.53. The predicted octanol–water partition coefficient (Wildman–Crippen LogP) is 0.537. The zero-order valence-electron chi connectivity index (χ0n) is 15.1. The molecule has 0 bridgehead atoms. The lowest BCUT2D eigenvalue weighted by molar-refractivity contribution is -0.142. The first-order valence-electron chi connectivity index (χ1n) is 9.07. The van der Waals surface area contributed by atoms with Crippen molar-refractivity contribution in [1.82, 2.24) is 20.9 Å². The summed E-state index contributed by atoms with van der Waals surface area (Å²) in [5.41, 5.74) is 1.72. The molecule has 8 heteroatoms. The van der Waals surface area contributed by atoms with Crippen LogP contribution in [0.5, 0.6) is 0 Å². The summed E-state index contributed by atoms with van der Waals surface area (Å²) in [6.07, 6.45) is 3.56. The standard InChI is InChI=1S/C19H24N4O4/c1-11(22-18(25)15-7-4-8-20-15)17(24)23-16(19(26)27)9-12-10-21-14-6-3-2-5-13(12)14/h2-3,5-6,10-11,15-16,20-21H,4,7-9H2,1H3,(H,22,25)(H,23,24)(H,26,27). The molecular weight excluding hydrogens is 348 g/mol. The first-order valence-corrected chi connectivity index (χ1v) is 9.07. The number of hydrogen-bond donors (Lipinski definition) is 5. The lowest BCUT2D eigenvalue weighted by atomic mass is 10.0. The van der Waals surface area contributed by atoms with Crippen molar-refractivity contribution >= 4 is 28.7 Å². The highest BCUT2D eigenvalue weighted by Gasteiger charge is 2.28. The minimum Gasteiger partial charge on any atom is -0.480 e. The maximum Gasteiger partial charge on any atom is 0.326 e. The lowest BCUT2D eigenvalue weighted by Gasteiger charge is -2.20. The van der Waals surface area contributed by atoms with Gasteiger partial charge in [-0.3, -0.25) is 9.59 Å². The summed E-state index contributed by atoms with van der Waals surface area (Å²) < 4.78 is 0. The summed E-state index contributed by atoms with van der Waals surface area (Å²) in [5.74, 6) is -1.88. The zero-order chi connectivity index (χ0) is 19.4. The largest absolute Gasteiger partial charge is 0.480 e. The molecule has 1 aromatic carbocycles. The van der Waals surface area contributed by atoms with Crippen molar-refractivity contribution in [2.75, 3.05) is 6.54 Å². The van der Waals surface area contributed by atoms with E-state index in [1.54, 1.807) is 13.1 Å². The van der Waals surface area contributed by atoms with Gasteiger partial charge in [-0.25, -0.2) is 4.79 Å². The van der Waals surface area contributed by atoms with Gasteiger partial charge in [-0.1, -0.05) is 18.2 Å². The molecule has 2 heterocycles. The van der Waals surface area contributed by atoms with Gasteiger partial charge >= 0.3 is 5.97 Å². The van der Waals surface area contributed by atoms with Gasteiger partial charge in [-0.15, -0.1) is 0 Å². The molecule has 3 atom stereocenters. The van der Waals surface area contributed by atoms with Crippen molar-refractivity contribution in [2.45, 2.75) is 44.3 Å². The normalized spacial score (nSPS) is 18.8. The predicted molar refractivity (Wildman–Crippen MR) is 100 cm³/mol. The van der Waals surface area contributed by atoms with Crippen LogP contribution in [0.25, 0.3) is 10.9 Å². The van der Waals surface area contributed by atoms with Gasteiger partial charge in [0.15, 0.2) is 0 Å². The number of carbonyl (C=O) groups is 3. The first kappa shape index (κ1) is 18.9. The summed E-state index contributed by atoms with van der Waals surface area (Å²) in [5, 5.41) is 18.7. The monoisotopic (exact) mass is 372 g/mol. The van der Waals surface area contributed by atoms with Gasteiger partial charge in [-0.05, 0) is 37.9 Å². The van der Waals surface area contributed by atoms with Crippen molar-refractivity contribution in [3.05, 3.63) is 36.0 Å². The number of carboxylic acids is 1. The highest BCUT2D eigenvalue weighted by Crippen LogP contribution is 2.19. The van der Waals surface area contributed by atoms with E-state index in [1.165, 1.54) is 0 Å². The smallest absolute Gasteiger partial charge is 0.326 e. The van der Waals surface area contributed by atoms with Crippen molar-refractivity contribution < 1.29 is 19.5 Å². The summed E-state index contributed by atoms with van der Waals surface area (Å²) in [6, 6.07) is 5.39. The number of carboxylic acid groups (broad SMARTS) is 1. The number of carbonyl (C=O) groups excluding carboxylic acids is 2. The molecule has 0 spiro atoms. The van der Waals surface area contributed by atoms with E-state index in [1.807, 2.05) is 24.3 Å². The van der Waals surface area contributed by atoms with Crippen molar-refractivity contribution in [3.8, 4) is 0 Å². The van der Waals surface area contributed by atoms with Crippen LogP contribution < -0.4 is 16.0 Å². The van der Waals surface area contributed by atoms with Gasteiger partial charge < -0.3 is 26.0 Å². The molecule has 1 fully saturated rings. The highest BCUT2D eigenvalue weighted by molar-refractivity contribution is 5.92. The number of rotatable bonds is 7. The van der Waals surface area contributed by atoms with E-state index >= 15 is 0 Å². The minimum absolute atomic E-state index is 0.149. The van der Waals surface area contributed by atoms with Gasteiger partial charge in [-0.2, -0.15) is 0 Å². The third-order valence-electron chi connectivity index (χ3n) is 4.84. The Kier molecular flexibility index (Phi) is 5.75. The number of amides is 2. The SMILES string of the molecule is CC(NC(=O)C1CCCN1)C(=O)NC(Cc1c[nH]c2ccccc12)C(=O)O. The molecule has 0 radical (unpaired) electrons. The van der Waals surface area contributed by atoms with Crippen LogP contribution in [-0.4, -0.2) is 52.5 Å². The van der Waals surface area contributed by atoms with E-state index < -0.39 is 24.0 Å². The van der Waals surface area contributed by atoms with Crippen LogP contribution in [0.15, 0.2) is 30.5 Å². The fraction of sp³-hybridized carbons (Fsp3) is 0.421. The van der Waals surface area contributed by atoms with Crippen molar-refractivity contribution in [3.63, 3.8) is 0 Å². The molecule has 2 amide bonds. The van der Waals surface area contributed by atoms with E-state index in [0.29, 0.717) is 0 Å². The average molecular weight is 372 g/mol. The molecule has 0 aliphatic carbocycles. The van der Waals surface area contributed by atoms with Gasteiger partial charge in [0.05, 0.1) is 6.04 Å². The Bertz CT molecular complexity index is 841. The number of fused-ring (bicyclic) bond motifs is 1. The summed E-state index contributed by atoms with van der Waals surface area (Å²) in [7, 11) is 0. The van der Waals surface area contributed by atoms with Gasteiger partial charge in [0.2, 0.25) is 11.8 Å². The van der Waals surface area contributed by atoms with Crippen molar-refractivity contribution in [2.24, 2.45) is 0 Å². The van der Waals surface area contributed by atoms with Gasteiger partial charge in [0, 0.05) is 23.5 Å². The molecule has 1 aliphatic heterocycles. The van der Waals surface area contributed by atoms with Crippen LogP contribution in [0.4, 0.5) is 0 Å². The van der Waals surface area contributed by atoms with E-state index in [2.05, 4.69) is 20.9 Å². The molecule has 1 aromatic heterocycles. The summed E-state index contributed by atoms with van der Waals surface area (Å²) >= 11 is 0. The number of hydrogen-bond acceptors (Lipinski definition) is 4. The quantitative estimate of drug-likeness (QED) is 0.485. The summed E-state index contributed by atoms with van der Waals surface area (Å²) in [6.45, 7) is 2.33. The zero-order valence-corrected chi connectivity index (χ0v) is 15.1. The third-order valence-corrected chi connectivity index (χ3v) is 4.84. The number of nitrogens with one attached hydrogen (secondary N) is 4. The van der Waals surface area contributed by atoms with E-state index in [4.69, 9.17) is 0 Å². The van der Waals surface area contributed by atoms with Crippen LogP contribution in [0.2, 0.25) is 0 Å². The third kappa shape index (κ3) is 4.46. The molecular formula is C19H24N4O4. The molecule has 0 saturated carbocycles. The molecule has 27 heavy (non-hydrogen) atoms. The Balaban J connectivity index is 1.62. The Morgan fingerprint density at radius 3 is 2.74 bits per heavy atom. The Hall–Kier alpha value is -2.87. The van der Waals surface area contributed by atoms with Crippen molar-refractivity contribution in [1.29, 1.82) is 0 Å². The second kappa shape index (κ2) is 8.22. The number of aromatic nitrogens is 1. The number of benzene rings is 1. The first-order chi connectivity index (χ1) is 13.0. The number of para-hydroxylation sites is 1. The van der Waals surface area contributed by atoms with Crippen LogP contribution in [0, 0.1) is 0 Å². The minimum atomic E-state index is -1.12. The second-order valence-electron chi connectivity index (χ2n) is 6.84. The average Bonchev–Trinajstić information content (AvgIpc) is 3.31. The number of H-pyrrole nitrogens is 1. The second-order valence-corrected chi connectivity index (χ2v) is 6.84. The fourth-order valence-corrected chi connectivity index (χ4v) is 3.31. The Morgan fingerprint density at radius 2 is 2.04 bits per heavy atom. The van der Waals surface area contributed by atoms with E-state index in [0.717, 1.165) is 35.9 Å². The number of aromatic amines is 1. The van der Waals surface area contributed by atoms with Crippen LogP contribution in [0.1, 0.15) is 25.3 Å². The van der Waals surface area contributed by atoms with Gasteiger partial charge in [0.25, 0.3) is 0 Å². The van der Waals surface area contributed by atoms with E-state index in [-0.39, 0.29) is 18.4 Å².